The molecule has 0 spiro atoms. The predicted molar refractivity (Wildman–Crippen MR) is 54.7 cm³/mol. The average molecular weight is 184 g/mol. The molecule has 2 heteroatoms. The summed E-state index contributed by atoms with van der Waals surface area (Å²) in [6, 6.07) is 0. The van der Waals surface area contributed by atoms with Crippen molar-refractivity contribution in [3.8, 4) is 0 Å². The van der Waals surface area contributed by atoms with Crippen LogP contribution in [-0.2, 0) is 9.53 Å². The molecule has 1 atom stereocenters. The SMILES string of the molecule is COC(CC(C)=CC=O)CC(C)C. The summed E-state index contributed by atoms with van der Waals surface area (Å²) in [5.41, 5.74) is 1.09. The fourth-order valence-electron chi connectivity index (χ4n) is 1.33. The van der Waals surface area contributed by atoms with Gasteiger partial charge in [-0.25, -0.2) is 0 Å². The third-order valence-corrected chi connectivity index (χ3v) is 1.97. The third-order valence-electron chi connectivity index (χ3n) is 1.97. The van der Waals surface area contributed by atoms with Gasteiger partial charge in [-0.15, -0.1) is 0 Å². The minimum Gasteiger partial charge on any atom is -0.381 e. The summed E-state index contributed by atoms with van der Waals surface area (Å²) in [7, 11) is 1.72. The minimum atomic E-state index is 0.246. The van der Waals surface area contributed by atoms with Crippen molar-refractivity contribution in [1.29, 1.82) is 0 Å². The fraction of sp³-hybridized carbons (Fsp3) is 0.727. The second kappa shape index (κ2) is 6.84. The lowest BCUT2D eigenvalue weighted by Crippen LogP contribution is -2.13. The molecule has 0 N–H and O–H groups in total. The van der Waals surface area contributed by atoms with Crippen molar-refractivity contribution in [3.63, 3.8) is 0 Å². The molecule has 0 saturated carbocycles. The van der Waals surface area contributed by atoms with Crippen LogP contribution in [0.15, 0.2) is 11.6 Å². The maximum absolute atomic E-state index is 10.2. The fourth-order valence-corrected chi connectivity index (χ4v) is 1.33. The van der Waals surface area contributed by atoms with Crippen LogP contribution in [0.5, 0.6) is 0 Å². The Kier molecular flexibility index (Phi) is 6.51. The Morgan fingerprint density at radius 1 is 1.46 bits per heavy atom. The lowest BCUT2D eigenvalue weighted by molar-refractivity contribution is -0.104. The second-order valence-electron chi connectivity index (χ2n) is 3.84. The molecule has 0 fully saturated rings. The molecule has 0 bridgehead atoms. The molecule has 0 aromatic rings. The lowest BCUT2D eigenvalue weighted by atomic mass is 10.0. The molecular formula is C11H20O2. The van der Waals surface area contributed by atoms with Crippen molar-refractivity contribution in [2.75, 3.05) is 7.11 Å². The summed E-state index contributed by atoms with van der Waals surface area (Å²) in [5.74, 6) is 0.633. The van der Waals surface area contributed by atoms with Crippen LogP contribution in [0.2, 0.25) is 0 Å². The summed E-state index contributed by atoms with van der Waals surface area (Å²) in [6.07, 6.45) is 4.58. The van der Waals surface area contributed by atoms with E-state index >= 15 is 0 Å². The van der Waals surface area contributed by atoms with E-state index in [1.165, 1.54) is 0 Å². The number of aldehydes is 1. The average Bonchev–Trinajstić information content (AvgIpc) is 2.02. The summed E-state index contributed by atoms with van der Waals surface area (Å²) in [6.45, 7) is 6.30. The Balaban J connectivity index is 3.96. The number of methoxy groups -OCH3 is 1. The topological polar surface area (TPSA) is 26.3 Å². The molecule has 0 heterocycles. The summed E-state index contributed by atoms with van der Waals surface area (Å²) >= 11 is 0. The van der Waals surface area contributed by atoms with Gasteiger partial charge in [0.15, 0.2) is 0 Å². The highest BCUT2D eigenvalue weighted by molar-refractivity contribution is 5.65. The van der Waals surface area contributed by atoms with Crippen molar-refractivity contribution in [2.24, 2.45) is 5.92 Å². The number of carbonyl (C=O) groups is 1. The van der Waals surface area contributed by atoms with Crippen LogP contribution in [0.3, 0.4) is 0 Å². The first kappa shape index (κ1) is 12.4. The molecule has 0 aliphatic heterocycles. The zero-order valence-electron chi connectivity index (χ0n) is 9.04. The van der Waals surface area contributed by atoms with Crippen LogP contribution in [0.4, 0.5) is 0 Å². The quantitative estimate of drug-likeness (QED) is 0.468. The molecule has 13 heavy (non-hydrogen) atoms. The van der Waals surface area contributed by atoms with Gasteiger partial charge in [-0.1, -0.05) is 19.4 Å². The number of ether oxygens (including phenoxy) is 1. The smallest absolute Gasteiger partial charge is 0.142 e. The highest BCUT2D eigenvalue weighted by Gasteiger charge is 2.09. The highest BCUT2D eigenvalue weighted by Crippen LogP contribution is 2.15. The second-order valence-corrected chi connectivity index (χ2v) is 3.84. The molecule has 2 nitrogen and oxygen atoms in total. The van der Waals surface area contributed by atoms with Gasteiger partial charge in [0, 0.05) is 7.11 Å². The highest BCUT2D eigenvalue weighted by atomic mass is 16.5. The van der Waals surface area contributed by atoms with E-state index in [-0.39, 0.29) is 6.10 Å². The molecule has 76 valence electrons. The van der Waals surface area contributed by atoms with Crippen molar-refractivity contribution >= 4 is 6.29 Å². The Morgan fingerprint density at radius 2 is 2.08 bits per heavy atom. The van der Waals surface area contributed by atoms with Crippen LogP contribution in [0, 0.1) is 5.92 Å². The molecule has 0 rings (SSSR count). The summed E-state index contributed by atoms with van der Waals surface area (Å²) < 4.78 is 5.32. The molecule has 0 amide bonds. The van der Waals surface area contributed by atoms with Crippen LogP contribution in [-0.4, -0.2) is 19.5 Å². The Hall–Kier alpha value is -0.630. The molecule has 0 radical (unpaired) electrons. The first-order chi connectivity index (χ1) is 6.10. The van der Waals surface area contributed by atoms with E-state index in [0.29, 0.717) is 5.92 Å². The molecule has 0 aliphatic rings. The summed E-state index contributed by atoms with van der Waals surface area (Å²) in [5, 5.41) is 0. The first-order valence-electron chi connectivity index (χ1n) is 4.73. The van der Waals surface area contributed by atoms with E-state index in [1.807, 2.05) is 6.92 Å². The van der Waals surface area contributed by atoms with Crippen LogP contribution >= 0.6 is 0 Å². The van der Waals surface area contributed by atoms with E-state index in [1.54, 1.807) is 13.2 Å². The monoisotopic (exact) mass is 184 g/mol. The van der Waals surface area contributed by atoms with Gasteiger partial charge in [0.25, 0.3) is 0 Å². The van der Waals surface area contributed by atoms with E-state index in [0.717, 1.165) is 24.7 Å². The van der Waals surface area contributed by atoms with Gasteiger partial charge in [-0.05, 0) is 31.8 Å². The lowest BCUT2D eigenvalue weighted by Gasteiger charge is -2.17. The van der Waals surface area contributed by atoms with Crippen LogP contribution in [0.25, 0.3) is 0 Å². The Morgan fingerprint density at radius 3 is 2.46 bits per heavy atom. The normalized spacial score (nSPS) is 14.7. The zero-order valence-corrected chi connectivity index (χ0v) is 9.04. The minimum absolute atomic E-state index is 0.246. The van der Waals surface area contributed by atoms with E-state index in [4.69, 9.17) is 4.74 Å². The van der Waals surface area contributed by atoms with Crippen molar-refractivity contribution in [1.82, 2.24) is 0 Å². The standard InChI is InChI=1S/C11H20O2/c1-9(2)7-11(13-4)8-10(3)5-6-12/h5-6,9,11H,7-8H2,1-4H3. The van der Waals surface area contributed by atoms with Crippen molar-refractivity contribution in [2.45, 2.75) is 39.7 Å². The zero-order chi connectivity index (χ0) is 10.3. The first-order valence-corrected chi connectivity index (χ1v) is 4.73. The van der Waals surface area contributed by atoms with Gasteiger partial charge in [0.2, 0.25) is 0 Å². The molecule has 0 aromatic heterocycles. The number of carbonyl (C=O) groups excluding carboxylic acids is 1. The van der Waals surface area contributed by atoms with Gasteiger partial charge in [-0.3, -0.25) is 4.79 Å². The molecule has 0 aromatic carbocycles. The molecule has 0 saturated heterocycles. The van der Waals surface area contributed by atoms with E-state index in [2.05, 4.69) is 13.8 Å². The largest absolute Gasteiger partial charge is 0.381 e. The molecule has 1 unspecified atom stereocenters. The van der Waals surface area contributed by atoms with Crippen LogP contribution < -0.4 is 0 Å². The maximum Gasteiger partial charge on any atom is 0.142 e. The Labute approximate surface area is 81.0 Å². The van der Waals surface area contributed by atoms with Crippen molar-refractivity contribution < 1.29 is 9.53 Å². The number of hydrogen-bond acceptors (Lipinski definition) is 2. The molecular weight excluding hydrogens is 164 g/mol. The number of hydrogen-bond donors (Lipinski definition) is 0. The maximum atomic E-state index is 10.2. The van der Waals surface area contributed by atoms with E-state index in [9.17, 15) is 4.79 Å². The number of allylic oxidation sites excluding steroid dienone is 1. The third kappa shape index (κ3) is 6.52. The van der Waals surface area contributed by atoms with Gasteiger partial charge < -0.3 is 4.74 Å². The van der Waals surface area contributed by atoms with Gasteiger partial charge in [0.05, 0.1) is 6.10 Å². The molecule has 0 aliphatic carbocycles. The van der Waals surface area contributed by atoms with E-state index < -0.39 is 0 Å². The van der Waals surface area contributed by atoms with Gasteiger partial charge in [-0.2, -0.15) is 0 Å². The Bertz CT molecular complexity index is 171. The predicted octanol–water partition coefficient (Wildman–Crippen LogP) is 2.58. The van der Waals surface area contributed by atoms with Crippen molar-refractivity contribution in [3.05, 3.63) is 11.6 Å². The van der Waals surface area contributed by atoms with Gasteiger partial charge in [0.1, 0.15) is 6.29 Å². The van der Waals surface area contributed by atoms with Crippen LogP contribution in [0.1, 0.15) is 33.6 Å². The van der Waals surface area contributed by atoms with Gasteiger partial charge >= 0.3 is 0 Å². The number of rotatable bonds is 6. The summed E-state index contributed by atoms with van der Waals surface area (Å²) in [4.78, 5) is 10.2.